The van der Waals surface area contributed by atoms with Crippen LogP contribution < -0.4 is 9.80 Å². The summed E-state index contributed by atoms with van der Waals surface area (Å²) in [5.41, 5.74) is 2.17. The number of aromatic nitrogens is 2. The van der Waals surface area contributed by atoms with E-state index in [-0.39, 0.29) is 29.9 Å². The monoisotopic (exact) mass is 766 g/mol. The SMILES string of the molecule is Cc1c(-c2cc(N3C(=O)[C@@H]4C[C@@H]5C(=CC[C@@H]6C(=O)N(c7ccccc7)C(=O)[C@@H]65)[C@H](c5c(O)ccc6ccccc56)[C@]4(C)C3=O)n(C)n2)sc2ccc(Cl)cc12. The molecule has 2 aromatic heterocycles. The third-order valence-electron chi connectivity index (χ3n) is 12.7. The number of carbonyl (C=O) groups excluding carboxylic acids is 4. The molecule has 0 spiro atoms. The van der Waals surface area contributed by atoms with Gasteiger partial charge in [-0.25, -0.2) is 4.90 Å². The summed E-state index contributed by atoms with van der Waals surface area (Å²) in [6.45, 7) is 3.85. The molecule has 4 heterocycles. The Morgan fingerprint density at radius 2 is 1.62 bits per heavy atom. The van der Waals surface area contributed by atoms with Gasteiger partial charge in [-0.3, -0.25) is 28.8 Å². The minimum Gasteiger partial charge on any atom is -0.508 e. The lowest BCUT2D eigenvalue weighted by Gasteiger charge is -2.49. The van der Waals surface area contributed by atoms with E-state index in [4.69, 9.17) is 16.7 Å². The van der Waals surface area contributed by atoms with Crippen LogP contribution in [-0.2, 0) is 26.2 Å². The van der Waals surface area contributed by atoms with Gasteiger partial charge in [-0.1, -0.05) is 71.8 Å². The highest BCUT2D eigenvalue weighted by atomic mass is 35.5. The lowest BCUT2D eigenvalue weighted by Crippen LogP contribution is -2.49. The zero-order valence-corrected chi connectivity index (χ0v) is 31.8. The van der Waals surface area contributed by atoms with Gasteiger partial charge in [0.15, 0.2) is 0 Å². The van der Waals surface area contributed by atoms with Gasteiger partial charge >= 0.3 is 0 Å². The Morgan fingerprint density at radius 1 is 0.855 bits per heavy atom. The molecule has 4 amide bonds. The second kappa shape index (κ2) is 12.0. The maximum absolute atomic E-state index is 15.3. The number of phenolic OH excluding ortho intramolecular Hbond substituents is 1. The first kappa shape index (κ1) is 33.9. The molecule has 9 nitrogen and oxygen atoms in total. The van der Waals surface area contributed by atoms with E-state index in [1.807, 2.05) is 74.5 Å². The fraction of sp³-hybridized carbons (Fsp3) is 0.250. The summed E-state index contributed by atoms with van der Waals surface area (Å²) in [6.07, 6.45) is 2.52. The van der Waals surface area contributed by atoms with Gasteiger partial charge < -0.3 is 5.11 Å². The highest BCUT2D eigenvalue weighted by molar-refractivity contribution is 7.22. The van der Waals surface area contributed by atoms with Crippen molar-refractivity contribution in [3.63, 3.8) is 0 Å². The molecule has 2 aliphatic heterocycles. The van der Waals surface area contributed by atoms with Crippen LogP contribution in [-0.4, -0.2) is 38.5 Å². The summed E-state index contributed by atoms with van der Waals surface area (Å²) in [4.78, 5) is 62.3. The fourth-order valence-electron chi connectivity index (χ4n) is 10.2. The smallest absolute Gasteiger partial charge is 0.242 e. The Balaban J connectivity index is 1.13. The van der Waals surface area contributed by atoms with Gasteiger partial charge in [0.05, 0.1) is 33.7 Å². The van der Waals surface area contributed by atoms with Crippen LogP contribution >= 0.6 is 22.9 Å². The third-order valence-corrected chi connectivity index (χ3v) is 14.3. The van der Waals surface area contributed by atoms with Crippen molar-refractivity contribution in [1.29, 1.82) is 0 Å². The van der Waals surface area contributed by atoms with Crippen molar-refractivity contribution >= 4 is 78.9 Å². The van der Waals surface area contributed by atoms with Crippen molar-refractivity contribution in [3.05, 3.63) is 119 Å². The highest BCUT2D eigenvalue weighted by Crippen LogP contribution is 2.65. The molecule has 2 saturated heterocycles. The first-order chi connectivity index (χ1) is 26.5. The van der Waals surface area contributed by atoms with Crippen molar-refractivity contribution in [3.8, 4) is 16.3 Å². The number of rotatable bonds is 4. The highest BCUT2D eigenvalue weighted by Gasteiger charge is 2.68. The number of nitrogens with zero attached hydrogens (tertiary/aromatic N) is 4. The number of para-hydroxylation sites is 1. The molecule has 0 bridgehead atoms. The molecule has 1 N–H and O–H groups in total. The quantitative estimate of drug-likeness (QED) is 0.142. The van der Waals surface area contributed by atoms with Crippen molar-refractivity contribution < 1.29 is 24.3 Å². The Hall–Kier alpha value is -5.58. The second-order valence-electron chi connectivity index (χ2n) is 15.4. The lowest BCUT2D eigenvalue weighted by atomic mass is 9.51. The summed E-state index contributed by atoms with van der Waals surface area (Å²) in [5, 5.41) is 19.9. The number of hydrogen-bond donors (Lipinski definition) is 1. The average molecular weight is 767 g/mol. The van der Waals surface area contributed by atoms with Crippen LogP contribution in [0.2, 0.25) is 5.02 Å². The van der Waals surface area contributed by atoms with Gasteiger partial charge in [0.1, 0.15) is 17.3 Å². The zero-order valence-electron chi connectivity index (χ0n) is 30.2. The van der Waals surface area contributed by atoms with E-state index >= 15 is 9.59 Å². The number of anilines is 2. The minimum atomic E-state index is -1.34. The van der Waals surface area contributed by atoms with E-state index in [0.717, 1.165) is 36.9 Å². The summed E-state index contributed by atoms with van der Waals surface area (Å²) in [6, 6.07) is 27.7. The molecule has 2 aliphatic carbocycles. The number of benzene rings is 4. The number of amides is 4. The molecule has 55 heavy (non-hydrogen) atoms. The molecule has 4 aliphatic rings. The molecule has 6 aromatic rings. The predicted octanol–water partition coefficient (Wildman–Crippen LogP) is 8.56. The van der Waals surface area contributed by atoms with Crippen molar-refractivity contribution in [1.82, 2.24) is 9.78 Å². The molecule has 4 aromatic carbocycles. The number of carbonyl (C=O) groups is 4. The first-order valence-electron chi connectivity index (χ1n) is 18.4. The lowest BCUT2D eigenvalue weighted by molar-refractivity contribution is -0.131. The molecule has 0 radical (unpaired) electrons. The number of fused-ring (bicyclic) bond motifs is 6. The molecule has 3 fully saturated rings. The largest absolute Gasteiger partial charge is 0.508 e. The zero-order chi connectivity index (χ0) is 38.1. The molecule has 1 saturated carbocycles. The normalized spacial score (nSPS) is 26.2. The Kier molecular flexibility index (Phi) is 7.38. The molecular formula is C44H35ClN4O5S. The van der Waals surface area contributed by atoms with Crippen molar-refractivity contribution in [2.45, 2.75) is 32.6 Å². The van der Waals surface area contributed by atoms with E-state index in [2.05, 4.69) is 0 Å². The topological polar surface area (TPSA) is 113 Å². The van der Waals surface area contributed by atoms with Crippen LogP contribution in [0.1, 0.15) is 36.8 Å². The number of phenols is 1. The Bertz CT molecular complexity index is 2720. The first-order valence-corrected chi connectivity index (χ1v) is 19.6. The van der Waals surface area contributed by atoms with E-state index in [1.165, 1.54) is 9.80 Å². The number of thiophene rings is 1. The number of imide groups is 2. The van der Waals surface area contributed by atoms with Gasteiger partial charge in [0, 0.05) is 34.3 Å². The van der Waals surface area contributed by atoms with E-state index < -0.39 is 40.9 Å². The Morgan fingerprint density at radius 3 is 2.42 bits per heavy atom. The molecule has 274 valence electrons. The minimum absolute atomic E-state index is 0.00828. The molecule has 11 heteroatoms. The van der Waals surface area contributed by atoms with Gasteiger partial charge in [0.25, 0.3) is 0 Å². The summed E-state index contributed by atoms with van der Waals surface area (Å²) in [5.74, 6) is -4.45. The molecule has 10 rings (SSSR count). The number of aromatic hydroxyl groups is 1. The van der Waals surface area contributed by atoms with Crippen LogP contribution in [0.3, 0.4) is 0 Å². The maximum Gasteiger partial charge on any atom is 0.242 e. The molecular weight excluding hydrogens is 732 g/mol. The predicted molar refractivity (Wildman–Crippen MR) is 213 cm³/mol. The van der Waals surface area contributed by atoms with Crippen LogP contribution in [0.25, 0.3) is 31.4 Å². The average Bonchev–Trinajstić information content (AvgIpc) is 3.85. The maximum atomic E-state index is 15.3. The summed E-state index contributed by atoms with van der Waals surface area (Å²) < 4.78 is 2.63. The van der Waals surface area contributed by atoms with E-state index in [1.54, 1.807) is 59.5 Å². The molecule has 6 atom stereocenters. The van der Waals surface area contributed by atoms with E-state index in [9.17, 15) is 14.7 Å². The van der Waals surface area contributed by atoms with Crippen LogP contribution in [0.5, 0.6) is 5.75 Å². The second-order valence-corrected chi connectivity index (χ2v) is 16.9. The summed E-state index contributed by atoms with van der Waals surface area (Å²) >= 11 is 7.91. The van der Waals surface area contributed by atoms with E-state index in [0.29, 0.717) is 34.2 Å². The van der Waals surface area contributed by atoms with Crippen molar-refractivity contribution in [2.24, 2.45) is 36.1 Å². The number of hydrogen-bond acceptors (Lipinski definition) is 7. The van der Waals surface area contributed by atoms with Crippen LogP contribution in [0.4, 0.5) is 11.5 Å². The molecule has 0 unspecified atom stereocenters. The van der Waals surface area contributed by atoms with Gasteiger partial charge in [0.2, 0.25) is 23.6 Å². The Labute approximate surface area is 325 Å². The number of aryl methyl sites for hydroxylation is 2. The standard InChI is InChI=1S/C44H35ClN4O5S/c1-22-29-19-24(45)14-18-34(29)55-39(22)32-21-35(47(3)46-32)49-41(52)31-20-30-27(15-16-28-36(30)42(53)48(40(28)51)25-10-5-4-6-11-25)38(44(31,2)43(49)54)37-26-12-8-7-9-23(26)13-17-33(37)50/h4-15,17-19,21,28,30-31,36,38,50H,16,20H2,1-3H3/t28-,30+,31-,36-,38+,44+/m0/s1. The number of halogens is 1. The van der Waals surface area contributed by atoms with Gasteiger partial charge in [-0.15, -0.1) is 11.3 Å². The van der Waals surface area contributed by atoms with Crippen molar-refractivity contribution in [2.75, 3.05) is 9.80 Å². The van der Waals surface area contributed by atoms with Gasteiger partial charge in [-0.2, -0.15) is 5.10 Å². The summed E-state index contributed by atoms with van der Waals surface area (Å²) in [7, 11) is 1.73. The van der Waals surface area contributed by atoms with Gasteiger partial charge in [-0.05, 0) is 90.7 Å². The number of allylic oxidation sites excluding steroid dienone is 2. The third kappa shape index (κ3) is 4.61. The van der Waals surface area contributed by atoms with Crippen LogP contribution in [0.15, 0.2) is 103 Å². The fourth-order valence-corrected chi connectivity index (χ4v) is 11.5. The van der Waals surface area contributed by atoms with Crippen LogP contribution in [0, 0.1) is 36.0 Å².